The first-order valence-corrected chi connectivity index (χ1v) is 10.4. The Morgan fingerprint density at radius 3 is 2.82 bits per heavy atom. The first-order chi connectivity index (χ1) is 15.7. The molecule has 4 heterocycles. The standard InChI is InChI=1S/C23H24FN5O4/c1-12-23(2,32)19(30)10-18(33-12)13-7-9-26-11-17(13)29-22(31)21-15(25)5-6-16(28-21)20-14(24)4-3-8-27-20/h3-9,11-12,18-19,30,32H,10,25H2,1-2H3,(H,29,31)/t12-,18-,19-,23-/m1/s1. The van der Waals surface area contributed by atoms with Crippen LogP contribution in [0.3, 0.4) is 0 Å². The Balaban J connectivity index is 1.62. The summed E-state index contributed by atoms with van der Waals surface area (Å²) in [7, 11) is 0. The normalized spacial score (nSPS) is 24.9. The number of ether oxygens (including phenoxy) is 1. The summed E-state index contributed by atoms with van der Waals surface area (Å²) in [6.45, 7) is 3.18. The van der Waals surface area contributed by atoms with Gasteiger partial charge in [-0.1, -0.05) is 0 Å². The number of aromatic nitrogens is 3. The highest BCUT2D eigenvalue weighted by Gasteiger charge is 2.44. The molecule has 4 rings (SSSR count). The molecule has 1 aliphatic rings. The number of carbonyl (C=O) groups excluding carboxylic acids is 1. The third-order valence-corrected chi connectivity index (χ3v) is 5.90. The summed E-state index contributed by atoms with van der Waals surface area (Å²) in [5.74, 6) is -1.20. The van der Waals surface area contributed by atoms with Crippen LogP contribution in [-0.2, 0) is 4.74 Å². The van der Waals surface area contributed by atoms with Gasteiger partial charge in [-0.3, -0.25) is 14.8 Å². The molecule has 0 spiro atoms. The molecule has 3 aromatic rings. The number of hydrogen-bond acceptors (Lipinski definition) is 8. The molecule has 9 nitrogen and oxygen atoms in total. The largest absolute Gasteiger partial charge is 0.397 e. The van der Waals surface area contributed by atoms with E-state index in [2.05, 4.69) is 20.3 Å². The topological polar surface area (TPSA) is 143 Å². The highest BCUT2D eigenvalue weighted by molar-refractivity contribution is 6.06. The van der Waals surface area contributed by atoms with Gasteiger partial charge in [-0.25, -0.2) is 9.37 Å². The molecule has 10 heteroatoms. The Morgan fingerprint density at radius 2 is 2.09 bits per heavy atom. The van der Waals surface area contributed by atoms with Crippen molar-refractivity contribution in [3.63, 3.8) is 0 Å². The average Bonchev–Trinajstić information content (AvgIpc) is 2.78. The van der Waals surface area contributed by atoms with Gasteiger partial charge in [-0.05, 0) is 44.2 Å². The number of aliphatic hydroxyl groups is 2. The summed E-state index contributed by atoms with van der Waals surface area (Å²) in [5.41, 5.74) is 5.64. The number of aliphatic hydroxyl groups excluding tert-OH is 1. The van der Waals surface area contributed by atoms with E-state index in [1.54, 1.807) is 13.0 Å². The molecule has 0 aromatic carbocycles. The van der Waals surface area contributed by atoms with Crippen LogP contribution in [0.15, 0.2) is 48.9 Å². The molecule has 3 aromatic heterocycles. The van der Waals surface area contributed by atoms with E-state index in [1.807, 2.05) is 0 Å². The third kappa shape index (κ3) is 4.40. The number of nitrogens with zero attached hydrogens (tertiary/aromatic N) is 3. The van der Waals surface area contributed by atoms with Gasteiger partial charge >= 0.3 is 0 Å². The SMILES string of the molecule is C[C@H]1O[C@@H](c2ccncc2NC(=O)c2nc(-c3ncccc3F)ccc2N)C[C@@H](O)[C@]1(C)O. The van der Waals surface area contributed by atoms with Crippen molar-refractivity contribution in [2.45, 2.75) is 44.2 Å². The summed E-state index contributed by atoms with van der Waals surface area (Å²) < 4.78 is 20.1. The van der Waals surface area contributed by atoms with Crippen molar-refractivity contribution in [1.29, 1.82) is 0 Å². The zero-order valence-corrected chi connectivity index (χ0v) is 18.1. The van der Waals surface area contributed by atoms with E-state index in [4.69, 9.17) is 10.5 Å². The van der Waals surface area contributed by atoms with Gasteiger partial charge in [0.1, 0.15) is 11.3 Å². The number of halogens is 1. The number of nitrogens with two attached hydrogens (primary N) is 1. The monoisotopic (exact) mass is 453 g/mol. The summed E-state index contributed by atoms with van der Waals surface area (Å²) in [5, 5.41) is 23.5. The van der Waals surface area contributed by atoms with E-state index in [0.29, 0.717) is 11.3 Å². The van der Waals surface area contributed by atoms with Gasteiger partial charge in [0, 0.05) is 24.4 Å². The average molecular weight is 453 g/mol. The van der Waals surface area contributed by atoms with E-state index in [-0.39, 0.29) is 29.2 Å². The molecule has 0 aliphatic carbocycles. The number of pyridine rings is 3. The zero-order chi connectivity index (χ0) is 23.8. The molecule has 0 bridgehead atoms. The van der Waals surface area contributed by atoms with Crippen LogP contribution in [0.5, 0.6) is 0 Å². The Labute approximate surface area is 189 Å². The van der Waals surface area contributed by atoms with Crippen molar-refractivity contribution in [2.75, 3.05) is 11.1 Å². The Kier molecular flexibility index (Phi) is 6.07. The minimum absolute atomic E-state index is 0.000694. The smallest absolute Gasteiger partial charge is 0.276 e. The van der Waals surface area contributed by atoms with Crippen molar-refractivity contribution >= 4 is 17.3 Å². The molecule has 0 radical (unpaired) electrons. The predicted octanol–water partition coefficient (Wildman–Crippen LogP) is 2.47. The summed E-state index contributed by atoms with van der Waals surface area (Å²) in [6, 6.07) is 7.31. The van der Waals surface area contributed by atoms with E-state index in [1.165, 1.54) is 49.8 Å². The zero-order valence-electron chi connectivity index (χ0n) is 18.1. The molecular formula is C23H24FN5O4. The summed E-state index contributed by atoms with van der Waals surface area (Å²) in [6.07, 6.45) is 2.27. The number of nitrogen functional groups attached to an aromatic ring is 1. The number of anilines is 2. The van der Waals surface area contributed by atoms with Crippen LogP contribution in [0.1, 0.15) is 42.4 Å². The van der Waals surface area contributed by atoms with Crippen LogP contribution in [0.4, 0.5) is 15.8 Å². The molecule has 1 fully saturated rings. The molecule has 1 saturated heterocycles. The van der Waals surface area contributed by atoms with Crippen LogP contribution in [0.25, 0.3) is 11.4 Å². The van der Waals surface area contributed by atoms with Gasteiger partial charge in [0.2, 0.25) is 0 Å². The molecule has 33 heavy (non-hydrogen) atoms. The van der Waals surface area contributed by atoms with Crippen molar-refractivity contribution in [1.82, 2.24) is 15.0 Å². The van der Waals surface area contributed by atoms with Crippen molar-refractivity contribution in [2.24, 2.45) is 0 Å². The number of rotatable bonds is 4. The molecular weight excluding hydrogens is 429 g/mol. The summed E-state index contributed by atoms with van der Waals surface area (Å²) in [4.78, 5) is 25.3. The molecule has 5 N–H and O–H groups in total. The molecule has 0 saturated carbocycles. The Hall–Kier alpha value is -3.47. The number of carbonyl (C=O) groups is 1. The third-order valence-electron chi connectivity index (χ3n) is 5.90. The number of hydrogen-bond donors (Lipinski definition) is 4. The second kappa shape index (κ2) is 8.81. The maximum absolute atomic E-state index is 14.1. The van der Waals surface area contributed by atoms with E-state index in [0.717, 1.165) is 0 Å². The minimum Gasteiger partial charge on any atom is -0.397 e. The summed E-state index contributed by atoms with van der Waals surface area (Å²) >= 11 is 0. The van der Waals surface area contributed by atoms with Gasteiger partial charge in [-0.15, -0.1) is 0 Å². The lowest BCUT2D eigenvalue weighted by atomic mass is 9.84. The Morgan fingerprint density at radius 1 is 1.30 bits per heavy atom. The maximum atomic E-state index is 14.1. The second-order valence-electron chi connectivity index (χ2n) is 8.13. The van der Waals surface area contributed by atoms with Gasteiger partial charge in [0.25, 0.3) is 5.91 Å². The fraction of sp³-hybridized carbons (Fsp3) is 0.304. The lowest BCUT2D eigenvalue weighted by molar-refractivity contribution is -0.215. The van der Waals surface area contributed by atoms with E-state index < -0.39 is 35.6 Å². The van der Waals surface area contributed by atoms with Gasteiger partial charge in [0.05, 0.1) is 41.6 Å². The van der Waals surface area contributed by atoms with Gasteiger partial charge in [0.15, 0.2) is 11.5 Å². The van der Waals surface area contributed by atoms with Crippen LogP contribution in [0.2, 0.25) is 0 Å². The molecule has 1 amide bonds. The van der Waals surface area contributed by atoms with Crippen LogP contribution < -0.4 is 11.1 Å². The van der Waals surface area contributed by atoms with Gasteiger partial charge < -0.3 is 26.0 Å². The molecule has 4 atom stereocenters. The predicted molar refractivity (Wildman–Crippen MR) is 119 cm³/mol. The molecule has 0 unspecified atom stereocenters. The molecule has 1 aliphatic heterocycles. The first-order valence-electron chi connectivity index (χ1n) is 10.4. The highest BCUT2D eigenvalue weighted by Crippen LogP contribution is 2.39. The van der Waals surface area contributed by atoms with Crippen molar-refractivity contribution in [3.05, 3.63) is 66.0 Å². The van der Waals surface area contributed by atoms with Crippen LogP contribution >= 0.6 is 0 Å². The minimum atomic E-state index is -1.40. The van der Waals surface area contributed by atoms with E-state index in [9.17, 15) is 19.4 Å². The quantitative estimate of drug-likeness (QED) is 0.472. The van der Waals surface area contributed by atoms with Crippen LogP contribution in [0, 0.1) is 5.82 Å². The number of amides is 1. The van der Waals surface area contributed by atoms with E-state index >= 15 is 0 Å². The second-order valence-corrected chi connectivity index (χ2v) is 8.13. The molecule has 172 valence electrons. The fourth-order valence-electron chi connectivity index (χ4n) is 3.68. The highest BCUT2D eigenvalue weighted by atomic mass is 19.1. The van der Waals surface area contributed by atoms with Crippen LogP contribution in [-0.4, -0.2) is 48.9 Å². The van der Waals surface area contributed by atoms with Gasteiger partial charge in [-0.2, -0.15) is 0 Å². The first kappa shape index (κ1) is 22.7. The Bertz CT molecular complexity index is 1180. The number of nitrogens with one attached hydrogen (secondary N) is 1. The van der Waals surface area contributed by atoms with Crippen molar-refractivity contribution in [3.8, 4) is 11.4 Å². The maximum Gasteiger partial charge on any atom is 0.276 e. The van der Waals surface area contributed by atoms with Crippen molar-refractivity contribution < 1.29 is 24.1 Å². The fourth-order valence-corrected chi connectivity index (χ4v) is 3.68. The lowest BCUT2D eigenvalue weighted by Gasteiger charge is -2.43. The lowest BCUT2D eigenvalue weighted by Crippen LogP contribution is -2.54.